The Balaban J connectivity index is 1.24. The largest absolute Gasteiger partial charge is 0.451 e. The van der Waals surface area contributed by atoms with Gasteiger partial charge < -0.3 is 30.5 Å². The molecule has 0 spiro atoms. The number of imidazole rings is 1. The quantitative estimate of drug-likeness (QED) is 0.267. The van der Waals surface area contributed by atoms with Crippen LogP contribution in [-0.2, 0) is 4.79 Å². The van der Waals surface area contributed by atoms with Crippen molar-refractivity contribution in [3.05, 3.63) is 77.9 Å². The van der Waals surface area contributed by atoms with Gasteiger partial charge in [0.25, 0.3) is 11.8 Å². The van der Waals surface area contributed by atoms with E-state index < -0.39 is 23.8 Å². The number of anilines is 1. The van der Waals surface area contributed by atoms with Gasteiger partial charge in [-0.3, -0.25) is 19.2 Å². The van der Waals surface area contributed by atoms with E-state index >= 15 is 0 Å². The van der Waals surface area contributed by atoms with Gasteiger partial charge in [-0.15, -0.1) is 0 Å². The third kappa shape index (κ3) is 5.73. The molecule has 206 valence electrons. The Morgan fingerprint density at radius 2 is 1.70 bits per heavy atom. The molecule has 1 atom stereocenters. The van der Waals surface area contributed by atoms with Crippen LogP contribution in [0.25, 0.3) is 17.0 Å². The van der Waals surface area contributed by atoms with Crippen molar-refractivity contribution >= 4 is 35.0 Å². The van der Waals surface area contributed by atoms with Crippen LogP contribution in [0.2, 0.25) is 0 Å². The molecule has 1 aliphatic rings. The number of nitrogens with zero attached hydrogens (tertiary/aromatic N) is 2. The number of fused-ring (bicyclic) bond motifs is 1. The minimum absolute atomic E-state index is 0.100. The fourth-order valence-electron chi connectivity index (χ4n) is 5.01. The minimum Gasteiger partial charge on any atom is -0.451 e. The third-order valence-electron chi connectivity index (χ3n) is 7.16. The Labute approximate surface area is 230 Å². The smallest absolute Gasteiger partial charge is 0.287 e. The zero-order chi connectivity index (χ0) is 28.2. The van der Waals surface area contributed by atoms with Crippen LogP contribution in [0.4, 0.5) is 5.69 Å². The van der Waals surface area contributed by atoms with Gasteiger partial charge in [0.1, 0.15) is 23.1 Å². The summed E-state index contributed by atoms with van der Waals surface area (Å²) in [5.74, 6) is -0.945. The van der Waals surface area contributed by atoms with Crippen LogP contribution in [-0.4, -0.2) is 46.1 Å². The Morgan fingerprint density at radius 3 is 2.40 bits per heavy atom. The first-order valence-electron chi connectivity index (χ1n) is 13.1. The summed E-state index contributed by atoms with van der Waals surface area (Å²) in [6.07, 6.45) is 8.08. The number of aromatic nitrogens is 2. The van der Waals surface area contributed by atoms with Crippen LogP contribution >= 0.6 is 0 Å². The van der Waals surface area contributed by atoms with E-state index in [1.165, 1.54) is 12.4 Å². The van der Waals surface area contributed by atoms with Gasteiger partial charge in [0, 0.05) is 30.7 Å². The van der Waals surface area contributed by atoms with E-state index in [2.05, 4.69) is 20.9 Å². The zero-order valence-corrected chi connectivity index (χ0v) is 22.0. The van der Waals surface area contributed by atoms with E-state index in [0.29, 0.717) is 28.2 Å². The molecule has 11 nitrogen and oxygen atoms in total. The molecule has 1 aliphatic carbocycles. The molecule has 4 amide bonds. The fourth-order valence-corrected chi connectivity index (χ4v) is 5.01. The number of nitrogens with two attached hydrogens (primary N) is 1. The van der Waals surface area contributed by atoms with E-state index in [4.69, 9.17) is 10.2 Å². The van der Waals surface area contributed by atoms with Gasteiger partial charge >= 0.3 is 0 Å². The van der Waals surface area contributed by atoms with E-state index in [0.717, 1.165) is 32.1 Å². The van der Waals surface area contributed by atoms with E-state index in [1.807, 2.05) is 0 Å². The van der Waals surface area contributed by atoms with Gasteiger partial charge in [-0.25, -0.2) is 4.98 Å². The maximum absolute atomic E-state index is 12.9. The molecule has 11 heteroatoms. The summed E-state index contributed by atoms with van der Waals surface area (Å²) in [6.45, 7) is 0. The van der Waals surface area contributed by atoms with Crippen LogP contribution in [0.3, 0.4) is 0 Å². The second-order valence-corrected chi connectivity index (χ2v) is 9.83. The summed E-state index contributed by atoms with van der Waals surface area (Å²) in [6, 6.07) is 12.8. The first-order valence-corrected chi connectivity index (χ1v) is 13.1. The van der Waals surface area contributed by atoms with E-state index in [1.54, 1.807) is 60.0 Å². The number of nitrogens with one attached hydrogen (secondary N) is 3. The average Bonchev–Trinajstić information content (AvgIpc) is 3.64. The lowest BCUT2D eigenvalue weighted by atomic mass is 9.83. The molecule has 1 aromatic carbocycles. The predicted octanol–water partition coefficient (Wildman–Crippen LogP) is 3.37. The number of furan rings is 1. The van der Waals surface area contributed by atoms with Gasteiger partial charge in [0.2, 0.25) is 11.8 Å². The summed E-state index contributed by atoms with van der Waals surface area (Å²) < 4.78 is 7.37. The maximum atomic E-state index is 12.9. The lowest BCUT2D eigenvalue weighted by Gasteiger charge is -2.29. The standard InChI is InChI=1S/C29H30N6O5/c1-31-29(39)25(18-5-3-2-4-6-18)34-28(38)23-13-12-22(40-23)17-7-10-20(11-8-17)32-27(37)21-16-35-15-19(26(30)36)9-14-24(35)33-21/h7-16,18,25H,2-6H2,1H3,(H2,30,36)(H,31,39)(H,32,37)(H,34,38)/t25-/m0/s1. The molecule has 0 unspecified atom stereocenters. The predicted molar refractivity (Wildman–Crippen MR) is 148 cm³/mol. The summed E-state index contributed by atoms with van der Waals surface area (Å²) in [7, 11) is 1.57. The molecule has 0 bridgehead atoms. The Morgan fingerprint density at radius 1 is 0.950 bits per heavy atom. The minimum atomic E-state index is -0.604. The lowest BCUT2D eigenvalue weighted by Crippen LogP contribution is -2.50. The molecular weight excluding hydrogens is 512 g/mol. The van der Waals surface area contributed by atoms with Crippen LogP contribution in [0.1, 0.15) is 63.5 Å². The molecule has 0 aliphatic heterocycles. The SMILES string of the molecule is CNC(=O)[C@@H](NC(=O)c1ccc(-c2ccc(NC(=O)c3cn4cc(C(N)=O)ccc4n3)cc2)o1)C1CCCCC1. The number of carbonyl (C=O) groups excluding carboxylic acids is 4. The molecule has 5 N–H and O–H groups in total. The van der Waals surface area contributed by atoms with Gasteiger partial charge in [-0.05, 0) is 67.3 Å². The van der Waals surface area contributed by atoms with Crippen molar-refractivity contribution < 1.29 is 23.6 Å². The fraction of sp³-hybridized carbons (Fsp3) is 0.276. The number of primary amides is 1. The molecule has 1 saturated carbocycles. The van der Waals surface area contributed by atoms with Crippen LogP contribution in [0.15, 0.2) is 65.3 Å². The average molecular weight is 543 g/mol. The van der Waals surface area contributed by atoms with Gasteiger partial charge in [-0.2, -0.15) is 0 Å². The van der Waals surface area contributed by atoms with Crippen molar-refractivity contribution in [2.24, 2.45) is 11.7 Å². The van der Waals surface area contributed by atoms with Gasteiger partial charge in [0.15, 0.2) is 5.76 Å². The van der Waals surface area contributed by atoms with Crippen molar-refractivity contribution in [1.29, 1.82) is 0 Å². The van der Waals surface area contributed by atoms with Gasteiger partial charge in [0.05, 0.1) is 5.56 Å². The number of benzene rings is 1. The Bertz CT molecular complexity index is 1570. The van der Waals surface area contributed by atoms with Crippen LogP contribution in [0, 0.1) is 5.92 Å². The van der Waals surface area contributed by atoms with Crippen molar-refractivity contribution in [3.63, 3.8) is 0 Å². The zero-order valence-electron chi connectivity index (χ0n) is 22.0. The summed E-state index contributed by atoms with van der Waals surface area (Å²) in [5, 5.41) is 8.30. The number of likely N-dealkylation sites (N-methyl/N-ethyl adjacent to an activating group) is 1. The first kappa shape index (κ1) is 26.7. The van der Waals surface area contributed by atoms with Gasteiger partial charge in [-0.1, -0.05) is 19.3 Å². The number of rotatable bonds is 8. The molecule has 3 heterocycles. The topological polar surface area (TPSA) is 161 Å². The van der Waals surface area contributed by atoms with Crippen molar-refractivity contribution in [2.75, 3.05) is 12.4 Å². The van der Waals surface area contributed by atoms with Crippen LogP contribution in [0.5, 0.6) is 0 Å². The van der Waals surface area contributed by atoms with Crippen molar-refractivity contribution in [1.82, 2.24) is 20.0 Å². The monoisotopic (exact) mass is 542 g/mol. The number of amides is 4. The summed E-state index contributed by atoms with van der Waals surface area (Å²) >= 11 is 0. The molecule has 0 radical (unpaired) electrons. The number of hydrogen-bond acceptors (Lipinski definition) is 6. The first-order chi connectivity index (χ1) is 19.3. The second-order valence-electron chi connectivity index (χ2n) is 9.83. The molecule has 5 rings (SSSR count). The highest BCUT2D eigenvalue weighted by atomic mass is 16.4. The lowest BCUT2D eigenvalue weighted by molar-refractivity contribution is -0.124. The Kier molecular flexibility index (Phi) is 7.63. The molecule has 0 saturated heterocycles. The van der Waals surface area contributed by atoms with E-state index in [-0.39, 0.29) is 23.3 Å². The number of hydrogen-bond donors (Lipinski definition) is 4. The Hall–Kier alpha value is -4.93. The molecule has 40 heavy (non-hydrogen) atoms. The molecule has 4 aromatic rings. The normalized spacial score (nSPS) is 14.4. The third-order valence-corrected chi connectivity index (χ3v) is 7.16. The molecular formula is C29H30N6O5. The molecule has 3 aromatic heterocycles. The summed E-state index contributed by atoms with van der Waals surface area (Å²) in [4.78, 5) is 53.8. The van der Waals surface area contributed by atoms with Crippen LogP contribution < -0.4 is 21.7 Å². The van der Waals surface area contributed by atoms with Crippen molar-refractivity contribution in [3.8, 4) is 11.3 Å². The van der Waals surface area contributed by atoms with E-state index in [9.17, 15) is 19.2 Å². The maximum Gasteiger partial charge on any atom is 0.287 e. The number of pyridine rings is 1. The number of carbonyl (C=O) groups is 4. The highest BCUT2D eigenvalue weighted by molar-refractivity contribution is 6.03. The summed E-state index contributed by atoms with van der Waals surface area (Å²) in [5.41, 5.74) is 7.54. The highest BCUT2D eigenvalue weighted by Crippen LogP contribution is 2.28. The van der Waals surface area contributed by atoms with Crippen molar-refractivity contribution in [2.45, 2.75) is 38.1 Å². The highest BCUT2D eigenvalue weighted by Gasteiger charge is 2.31. The molecule has 1 fully saturated rings. The second kappa shape index (κ2) is 11.4.